The Kier molecular flexibility index (Phi) is 4.37. The van der Waals surface area contributed by atoms with Gasteiger partial charge in [-0.25, -0.2) is 0 Å². The standard InChI is InChI=1S/C17H27N7/c1-14-18-19-16-6-7-17(20-24(14)16)23-11-9-22(10-12-23)13-15-5-3-4-8-21(15)2/h6-7,15H,3-5,8-13H2,1-2H3. The molecule has 2 aliphatic rings. The Morgan fingerprint density at radius 1 is 1.04 bits per heavy atom. The fourth-order valence-electron chi connectivity index (χ4n) is 3.89. The SMILES string of the molecule is Cc1nnc2ccc(N3CCN(CC4CCCCN4C)CC3)nn12. The lowest BCUT2D eigenvalue weighted by atomic mass is 10.0. The number of hydrogen-bond acceptors (Lipinski definition) is 6. The molecule has 1 unspecified atom stereocenters. The number of rotatable bonds is 3. The van der Waals surface area contributed by atoms with Crippen molar-refractivity contribution >= 4 is 11.5 Å². The highest BCUT2D eigenvalue weighted by Crippen LogP contribution is 2.18. The van der Waals surface area contributed by atoms with E-state index in [0.717, 1.165) is 49.5 Å². The summed E-state index contributed by atoms with van der Waals surface area (Å²) in [4.78, 5) is 7.53. The van der Waals surface area contributed by atoms with Crippen LogP contribution in [0.2, 0.25) is 0 Å². The van der Waals surface area contributed by atoms with Gasteiger partial charge in [-0.1, -0.05) is 6.42 Å². The molecule has 4 rings (SSSR count). The smallest absolute Gasteiger partial charge is 0.178 e. The molecule has 0 aliphatic carbocycles. The Bertz CT molecular complexity index is 689. The topological polar surface area (TPSA) is 52.8 Å². The first-order valence-corrected chi connectivity index (χ1v) is 9.07. The van der Waals surface area contributed by atoms with E-state index in [1.165, 1.54) is 32.4 Å². The molecule has 0 saturated carbocycles. The van der Waals surface area contributed by atoms with Crippen LogP contribution in [-0.4, -0.2) is 82.0 Å². The van der Waals surface area contributed by atoms with E-state index in [2.05, 4.69) is 38.0 Å². The minimum atomic E-state index is 0.736. The first-order chi connectivity index (χ1) is 11.7. The van der Waals surface area contributed by atoms with E-state index >= 15 is 0 Å². The van der Waals surface area contributed by atoms with Crippen molar-refractivity contribution < 1.29 is 0 Å². The Morgan fingerprint density at radius 2 is 1.88 bits per heavy atom. The molecule has 2 saturated heterocycles. The highest BCUT2D eigenvalue weighted by Gasteiger charge is 2.24. The van der Waals surface area contributed by atoms with Crippen molar-refractivity contribution in [1.82, 2.24) is 29.6 Å². The lowest BCUT2D eigenvalue weighted by molar-refractivity contribution is 0.124. The van der Waals surface area contributed by atoms with Crippen LogP contribution in [0.1, 0.15) is 25.1 Å². The van der Waals surface area contributed by atoms with Gasteiger partial charge in [0.25, 0.3) is 0 Å². The van der Waals surface area contributed by atoms with Crippen molar-refractivity contribution in [3.8, 4) is 0 Å². The second-order valence-corrected chi connectivity index (χ2v) is 7.13. The molecule has 2 aliphatic heterocycles. The molecule has 2 fully saturated rings. The van der Waals surface area contributed by atoms with Crippen molar-refractivity contribution in [2.45, 2.75) is 32.2 Å². The van der Waals surface area contributed by atoms with E-state index in [1.54, 1.807) is 0 Å². The normalized spacial score (nSPS) is 23.9. The minimum Gasteiger partial charge on any atom is -0.353 e. The average Bonchev–Trinajstić information content (AvgIpc) is 2.98. The van der Waals surface area contributed by atoms with Gasteiger partial charge >= 0.3 is 0 Å². The maximum atomic E-state index is 4.70. The summed E-state index contributed by atoms with van der Waals surface area (Å²) >= 11 is 0. The molecule has 0 radical (unpaired) electrons. The molecule has 7 nitrogen and oxygen atoms in total. The van der Waals surface area contributed by atoms with Gasteiger partial charge in [-0.3, -0.25) is 4.90 Å². The predicted molar refractivity (Wildman–Crippen MR) is 94.4 cm³/mol. The molecule has 1 atom stereocenters. The zero-order chi connectivity index (χ0) is 16.5. The number of piperazine rings is 1. The zero-order valence-electron chi connectivity index (χ0n) is 14.7. The van der Waals surface area contributed by atoms with E-state index in [9.17, 15) is 0 Å². The molecule has 0 N–H and O–H groups in total. The van der Waals surface area contributed by atoms with Crippen LogP contribution in [0.3, 0.4) is 0 Å². The van der Waals surface area contributed by atoms with Crippen LogP contribution >= 0.6 is 0 Å². The zero-order valence-corrected chi connectivity index (χ0v) is 14.7. The van der Waals surface area contributed by atoms with E-state index in [-0.39, 0.29) is 0 Å². The molecule has 7 heteroatoms. The van der Waals surface area contributed by atoms with Gasteiger partial charge in [0.15, 0.2) is 11.5 Å². The summed E-state index contributed by atoms with van der Waals surface area (Å²) in [5.41, 5.74) is 0.815. The third-order valence-electron chi connectivity index (χ3n) is 5.49. The van der Waals surface area contributed by atoms with E-state index in [1.807, 2.05) is 17.5 Å². The number of piperidine rings is 1. The summed E-state index contributed by atoms with van der Waals surface area (Å²) < 4.78 is 1.83. The molecule has 2 aromatic heterocycles. The molecule has 0 aromatic carbocycles. The lowest BCUT2D eigenvalue weighted by Crippen LogP contribution is -2.52. The summed E-state index contributed by atoms with van der Waals surface area (Å²) in [6.07, 6.45) is 4.09. The van der Waals surface area contributed by atoms with Crippen LogP contribution in [-0.2, 0) is 0 Å². The van der Waals surface area contributed by atoms with Crippen molar-refractivity contribution in [3.05, 3.63) is 18.0 Å². The Balaban J connectivity index is 1.37. The highest BCUT2D eigenvalue weighted by molar-refractivity contribution is 5.46. The maximum Gasteiger partial charge on any atom is 0.178 e. The van der Waals surface area contributed by atoms with Crippen molar-refractivity contribution in [2.75, 3.05) is 51.2 Å². The van der Waals surface area contributed by atoms with Crippen molar-refractivity contribution in [1.29, 1.82) is 0 Å². The number of likely N-dealkylation sites (tertiary alicyclic amines) is 1. The number of aryl methyl sites for hydroxylation is 1. The number of nitrogens with zero attached hydrogens (tertiary/aromatic N) is 7. The first-order valence-electron chi connectivity index (χ1n) is 9.07. The molecule has 0 amide bonds. The number of fused-ring (bicyclic) bond motifs is 1. The fraction of sp³-hybridized carbons (Fsp3) is 0.706. The van der Waals surface area contributed by atoms with Crippen molar-refractivity contribution in [2.24, 2.45) is 0 Å². The van der Waals surface area contributed by atoms with E-state index < -0.39 is 0 Å². The molecular formula is C17H27N7. The summed E-state index contributed by atoms with van der Waals surface area (Å²) in [5.74, 6) is 1.87. The maximum absolute atomic E-state index is 4.70. The molecule has 130 valence electrons. The van der Waals surface area contributed by atoms with Crippen LogP contribution in [0.4, 0.5) is 5.82 Å². The van der Waals surface area contributed by atoms with Crippen LogP contribution < -0.4 is 4.90 Å². The number of anilines is 1. The molecule has 24 heavy (non-hydrogen) atoms. The minimum absolute atomic E-state index is 0.736. The van der Waals surface area contributed by atoms with Gasteiger partial charge in [0, 0.05) is 38.8 Å². The fourth-order valence-corrected chi connectivity index (χ4v) is 3.89. The second kappa shape index (κ2) is 6.64. The van der Waals surface area contributed by atoms with Gasteiger partial charge < -0.3 is 9.80 Å². The first kappa shape index (κ1) is 15.8. The average molecular weight is 329 g/mol. The molecule has 4 heterocycles. The van der Waals surface area contributed by atoms with Gasteiger partial charge in [0.1, 0.15) is 5.82 Å². The second-order valence-electron chi connectivity index (χ2n) is 7.13. The van der Waals surface area contributed by atoms with E-state index in [4.69, 9.17) is 5.10 Å². The largest absolute Gasteiger partial charge is 0.353 e. The van der Waals surface area contributed by atoms with Gasteiger partial charge in [0.2, 0.25) is 0 Å². The Morgan fingerprint density at radius 3 is 2.67 bits per heavy atom. The molecule has 0 spiro atoms. The summed E-state index contributed by atoms with van der Waals surface area (Å²) in [6.45, 7) is 8.71. The van der Waals surface area contributed by atoms with Crippen LogP contribution in [0.25, 0.3) is 5.65 Å². The van der Waals surface area contributed by atoms with Gasteiger partial charge in [0.05, 0.1) is 0 Å². The Hall–Kier alpha value is -1.73. The lowest BCUT2D eigenvalue weighted by Gasteiger charge is -2.40. The summed E-state index contributed by atoms with van der Waals surface area (Å²) in [7, 11) is 2.28. The van der Waals surface area contributed by atoms with Crippen LogP contribution in [0, 0.1) is 6.92 Å². The molecular weight excluding hydrogens is 302 g/mol. The van der Waals surface area contributed by atoms with E-state index in [0.29, 0.717) is 0 Å². The molecule has 2 aromatic rings. The number of likely N-dealkylation sites (N-methyl/N-ethyl adjacent to an activating group) is 1. The number of aromatic nitrogens is 4. The highest BCUT2D eigenvalue weighted by atomic mass is 15.4. The van der Waals surface area contributed by atoms with Crippen LogP contribution in [0.5, 0.6) is 0 Å². The van der Waals surface area contributed by atoms with Gasteiger partial charge in [-0.05, 0) is 45.5 Å². The Labute approximate surface area is 143 Å². The monoisotopic (exact) mass is 329 g/mol. The third kappa shape index (κ3) is 3.10. The van der Waals surface area contributed by atoms with Gasteiger partial charge in [-0.15, -0.1) is 15.3 Å². The van der Waals surface area contributed by atoms with Crippen molar-refractivity contribution in [3.63, 3.8) is 0 Å². The summed E-state index contributed by atoms with van der Waals surface area (Å²) in [6, 6.07) is 4.80. The quantitative estimate of drug-likeness (QED) is 0.839. The molecule has 0 bridgehead atoms. The van der Waals surface area contributed by atoms with Gasteiger partial charge in [-0.2, -0.15) is 4.52 Å². The van der Waals surface area contributed by atoms with Crippen LogP contribution in [0.15, 0.2) is 12.1 Å². The number of hydrogen-bond donors (Lipinski definition) is 0. The summed E-state index contributed by atoms with van der Waals surface area (Å²) in [5, 5.41) is 12.9. The predicted octanol–water partition coefficient (Wildman–Crippen LogP) is 1.04. The third-order valence-corrected chi connectivity index (χ3v) is 5.49.